The van der Waals surface area contributed by atoms with Crippen molar-refractivity contribution in [2.45, 2.75) is 99.8 Å². The first-order valence-electron chi connectivity index (χ1n) is 16.1. The van der Waals surface area contributed by atoms with Gasteiger partial charge in [0, 0.05) is 6.54 Å². The largest absolute Gasteiger partial charge is 0.496 e. The van der Waals surface area contributed by atoms with Crippen LogP contribution >= 0.6 is 0 Å². The first-order chi connectivity index (χ1) is 21.6. The van der Waals surface area contributed by atoms with E-state index in [4.69, 9.17) is 14.6 Å². The maximum atomic E-state index is 13.6. The van der Waals surface area contributed by atoms with Crippen molar-refractivity contribution in [3.8, 4) is 0 Å². The van der Waals surface area contributed by atoms with E-state index in [0.717, 1.165) is 5.56 Å². The van der Waals surface area contributed by atoms with Crippen LogP contribution in [0.15, 0.2) is 66.6 Å². The number of carbonyl (C=O) groups is 2. The SMILES string of the molecule is C=C/C(OC)=C(\C(=C/C)OC)c1cc(C(=O)NC(CCc2ccccc2)C(=O)NCC(O)CC)nn1C(C)C(C)C.CC.CC. The summed E-state index contributed by atoms with van der Waals surface area (Å²) in [4.78, 5) is 26.8. The van der Waals surface area contributed by atoms with E-state index in [1.807, 2.05) is 84.9 Å². The molecule has 0 saturated heterocycles. The van der Waals surface area contributed by atoms with Crippen LogP contribution in [0, 0.1) is 5.92 Å². The lowest BCUT2D eigenvalue weighted by molar-refractivity contribution is -0.123. The van der Waals surface area contributed by atoms with Gasteiger partial charge in [-0.3, -0.25) is 14.3 Å². The number of hydrogen-bond donors (Lipinski definition) is 3. The van der Waals surface area contributed by atoms with E-state index in [0.29, 0.717) is 42.0 Å². The van der Waals surface area contributed by atoms with Crippen molar-refractivity contribution in [1.29, 1.82) is 0 Å². The maximum absolute atomic E-state index is 13.6. The zero-order valence-electron chi connectivity index (χ0n) is 29.4. The maximum Gasteiger partial charge on any atom is 0.272 e. The summed E-state index contributed by atoms with van der Waals surface area (Å²) in [5.74, 6) is 0.369. The molecule has 1 heterocycles. The number of aliphatic hydroxyl groups excluding tert-OH is 1. The summed E-state index contributed by atoms with van der Waals surface area (Å²) in [6.45, 7) is 21.9. The molecule has 0 fully saturated rings. The molecule has 3 N–H and O–H groups in total. The number of benzene rings is 1. The number of rotatable bonds is 16. The predicted octanol–water partition coefficient (Wildman–Crippen LogP) is 6.86. The molecule has 252 valence electrons. The van der Waals surface area contributed by atoms with Gasteiger partial charge in [-0.1, -0.05) is 85.4 Å². The van der Waals surface area contributed by atoms with Crippen LogP contribution in [0.1, 0.15) is 103 Å². The zero-order chi connectivity index (χ0) is 34.5. The molecule has 0 aliphatic carbocycles. The number of aromatic nitrogens is 2. The van der Waals surface area contributed by atoms with Gasteiger partial charge in [0.05, 0.1) is 37.6 Å². The molecule has 0 aliphatic rings. The van der Waals surface area contributed by atoms with Crippen LogP contribution in [-0.4, -0.2) is 59.6 Å². The number of aliphatic hydroxyl groups is 1. The van der Waals surface area contributed by atoms with Gasteiger partial charge in [0.1, 0.15) is 17.6 Å². The standard InChI is InChI=1S/C32H46N4O5.2C2H6/c1-9-24(37)20-33-31(38)25(18-17-23-15-13-12-14-16-23)34-32(39)26-19-27(36(35-26)22(6)21(4)5)30(28(10-2)40-7)29(11-3)41-8;2*1-2/h10-16,19,21-22,24-25,37H,2,9,17-18,20H2,1,3-8H3,(H,33,38)(H,34,39);2*1-2H3/b29-11+,30-28+;;. The number of nitrogens with one attached hydrogen (secondary N) is 2. The predicted molar refractivity (Wildman–Crippen MR) is 185 cm³/mol. The van der Waals surface area contributed by atoms with Gasteiger partial charge >= 0.3 is 0 Å². The van der Waals surface area contributed by atoms with Gasteiger partial charge in [0.25, 0.3) is 5.91 Å². The summed E-state index contributed by atoms with van der Waals surface area (Å²) in [6.07, 6.45) is 4.21. The Hall–Kier alpha value is -3.85. The summed E-state index contributed by atoms with van der Waals surface area (Å²) >= 11 is 0. The summed E-state index contributed by atoms with van der Waals surface area (Å²) in [5.41, 5.74) is 2.44. The molecule has 45 heavy (non-hydrogen) atoms. The van der Waals surface area contributed by atoms with Crippen molar-refractivity contribution in [3.63, 3.8) is 0 Å². The minimum absolute atomic E-state index is 0.0767. The van der Waals surface area contributed by atoms with Gasteiger partial charge in [0.2, 0.25) is 5.91 Å². The van der Waals surface area contributed by atoms with E-state index < -0.39 is 18.1 Å². The molecular weight excluding hydrogens is 568 g/mol. The second-order valence-corrected chi connectivity index (χ2v) is 10.2. The Kier molecular flexibility index (Phi) is 20.7. The second-order valence-electron chi connectivity index (χ2n) is 10.2. The molecule has 0 saturated carbocycles. The lowest BCUT2D eigenvalue weighted by atomic mass is 10.0. The first-order valence-corrected chi connectivity index (χ1v) is 16.1. The van der Waals surface area contributed by atoms with Crippen LogP contribution in [0.2, 0.25) is 0 Å². The van der Waals surface area contributed by atoms with E-state index in [-0.39, 0.29) is 30.1 Å². The average molecular weight is 627 g/mol. The van der Waals surface area contributed by atoms with E-state index in [1.54, 1.807) is 31.0 Å². The Balaban J connectivity index is 0.00000464. The molecule has 1 aromatic carbocycles. The van der Waals surface area contributed by atoms with Crippen molar-refractivity contribution >= 4 is 17.4 Å². The molecule has 9 heteroatoms. The highest BCUT2D eigenvalue weighted by molar-refractivity contribution is 5.97. The summed E-state index contributed by atoms with van der Waals surface area (Å²) in [5, 5.41) is 20.3. The molecule has 2 rings (SSSR count). The number of nitrogens with zero attached hydrogens (tertiary/aromatic N) is 2. The summed E-state index contributed by atoms with van der Waals surface area (Å²) in [6, 6.07) is 10.5. The van der Waals surface area contributed by atoms with Crippen molar-refractivity contribution in [3.05, 3.63) is 83.6 Å². The number of carbonyl (C=O) groups excluding carboxylic acids is 2. The van der Waals surface area contributed by atoms with Crippen LogP contribution in [0.3, 0.4) is 0 Å². The van der Waals surface area contributed by atoms with Gasteiger partial charge in [0.15, 0.2) is 5.69 Å². The molecular formula is C36H58N4O5. The number of hydrogen-bond acceptors (Lipinski definition) is 6. The van der Waals surface area contributed by atoms with E-state index in [2.05, 4.69) is 31.1 Å². The van der Waals surface area contributed by atoms with Gasteiger partial charge in [-0.05, 0) is 62.8 Å². The van der Waals surface area contributed by atoms with Crippen molar-refractivity contribution in [2.75, 3.05) is 20.8 Å². The number of ether oxygens (including phenoxy) is 2. The molecule has 2 aromatic rings. The molecule has 0 radical (unpaired) electrons. The van der Waals surface area contributed by atoms with Crippen LogP contribution in [0.5, 0.6) is 0 Å². The highest BCUT2D eigenvalue weighted by Crippen LogP contribution is 2.32. The van der Waals surface area contributed by atoms with E-state index >= 15 is 0 Å². The van der Waals surface area contributed by atoms with Crippen LogP contribution < -0.4 is 10.6 Å². The van der Waals surface area contributed by atoms with Gasteiger partial charge in [-0.25, -0.2) is 0 Å². The number of amides is 2. The fourth-order valence-electron chi connectivity index (χ4n) is 4.25. The second kappa shape index (κ2) is 22.6. The Labute approximate surface area is 271 Å². The third-order valence-electron chi connectivity index (χ3n) is 7.12. The molecule has 1 aromatic heterocycles. The topological polar surface area (TPSA) is 115 Å². The van der Waals surface area contributed by atoms with Crippen LogP contribution in [-0.2, 0) is 20.7 Å². The van der Waals surface area contributed by atoms with E-state index in [9.17, 15) is 14.7 Å². The minimum atomic E-state index is -0.828. The molecule has 0 aliphatic heterocycles. The normalized spacial score (nSPS) is 13.5. The lowest BCUT2D eigenvalue weighted by Crippen LogP contribution is -2.48. The van der Waals surface area contributed by atoms with E-state index in [1.165, 1.54) is 0 Å². The molecule has 0 bridgehead atoms. The Bertz CT molecular complexity index is 1220. The first kappa shape index (κ1) is 41.1. The highest BCUT2D eigenvalue weighted by Gasteiger charge is 2.28. The molecule has 2 amide bonds. The molecule has 3 unspecified atom stereocenters. The molecule has 3 atom stereocenters. The quantitative estimate of drug-likeness (QED) is 0.139. The smallest absolute Gasteiger partial charge is 0.272 e. The van der Waals surface area contributed by atoms with Crippen LogP contribution in [0.4, 0.5) is 0 Å². The number of allylic oxidation sites excluding steroid dienone is 3. The monoisotopic (exact) mass is 626 g/mol. The third-order valence-corrected chi connectivity index (χ3v) is 7.12. The summed E-state index contributed by atoms with van der Waals surface area (Å²) < 4.78 is 13.1. The Morgan fingerprint density at radius 1 is 1.07 bits per heavy atom. The van der Waals surface area contributed by atoms with Crippen LogP contribution in [0.25, 0.3) is 5.57 Å². The van der Waals surface area contributed by atoms with Gasteiger partial charge < -0.3 is 25.2 Å². The number of methoxy groups -OCH3 is 2. The fraction of sp³-hybridized carbons (Fsp3) is 0.528. The minimum Gasteiger partial charge on any atom is -0.496 e. The van der Waals surface area contributed by atoms with Gasteiger partial charge in [-0.15, -0.1) is 0 Å². The Morgan fingerprint density at radius 2 is 1.69 bits per heavy atom. The lowest BCUT2D eigenvalue weighted by Gasteiger charge is -2.22. The third kappa shape index (κ3) is 12.6. The number of aryl methyl sites for hydroxylation is 1. The Morgan fingerprint density at radius 3 is 2.18 bits per heavy atom. The van der Waals surface area contributed by atoms with Crippen molar-refractivity contribution in [2.24, 2.45) is 5.92 Å². The zero-order valence-corrected chi connectivity index (χ0v) is 29.4. The summed E-state index contributed by atoms with van der Waals surface area (Å²) in [7, 11) is 3.11. The average Bonchev–Trinajstić information content (AvgIpc) is 3.52. The van der Waals surface area contributed by atoms with Gasteiger partial charge in [-0.2, -0.15) is 5.10 Å². The van der Waals surface area contributed by atoms with Crippen molar-refractivity contribution in [1.82, 2.24) is 20.4 Å². The highest BCUT2D eigenvalue weighted by atomic mass is 16.5. The fourth-order valence-corrected chi connectivity index (χ4v) is 4.25. The molecule has 9 nitrogen and oxygen atoms in total. The van der Waals surface area contributed by atoms with Crippen molar-refractivity contribution < 1.29 is 24.2 Å². The molecule has 0 spiro atoms.